The minimum absolute atomic E-state index is 0.408. The first-order chi connectivity index (χ1) is 4.18. The standard InChI is InChI=1S/C6H12INO/c1-5-3-8(7)4-6(2)9-5/h5-6H,3-4H2,1-2H3/t5-,6+. The van der Waals surface area contributed by atoms with Gasteiger partial charge in [-0.1, -0.05) is 0 Å². The molecule has 1 aliphatic heterocycles. The largest absolute Gasteiger partial charge is 0.373 e. The summed E-state index contributed by atoms with van der Waals surface area (Å²) >= 11 is 2.34. The quantitative estimate of drug-likeness (QED) is 0.470. The second kappa shape index (κ2) is 3.16. The van der Waals surface area contributed by atoms with Crippen LogP contribution < -0.4 is 0 Å². The van der Waals surface area contributed by atoms with Gasteiger partial charge < -0.3 is 4.74 Å². The maximum absolute atomic E-state index is 5.51. The molecule has 3 heteroatoms. The zero-order valence-electron chi connectivity index (χ0n) is 5.80. The van der Waals surface area contributed by atoms with Crippen molar-refractivity contribution in [2.24, 2.45) is 0 Å². The Labute approximate surface area is 70.0 Å². The molecular formula is C6H12INO. The smallest absolute Gasteiger partial charge is 0.0686 e. The van der Waals surface area contributed by atoms with Gasteiger partial charge >= 0.3 is 0 Å². The molecule has 0 bridgehead atoms. The SMILES string of the molecule is C[C@@H]1CN(I)C[C@H](C)O1. The van der Waals surface area contributed by atoms with Crippen LogP contribution in [-0.4, -0.2) is 28.4 Å². The lowest BCUT2D eigenvalue weighted by molar-refractivity contribution is -0.0367. The molecule has 0 amide bonds. The highest BCUT2D eigenvalue weighted by molar-refractivity contribution is 14.1. The Balaban J connectivity index is 2.34. The first-order valence-electron chi connectivity index (χ1n) is 3.24. The average Bonchev–Trinajstić information content (AvgIpc) is 1.59. The van der Waals surface area contributed by atoms with Crippen molar-refractivity contribution in [3.05, 3.63) is 0 Å². The van der Waals surface area contributed by atoms with Crippen LogP contribution in [0.5, 0.6) is 0 Å². The van der Waals surface area contributed by atoms with E-state index >= 15 is 0 Å². The number of halogens is 1. The van der Waals surface area contributed by atoms with Gasteiger partial charge in [0.25, 0.3) is 0 Å². The van der Waals surface area contributed by atoms with Crippen molar-refractivity contribution in [1.29, 1.82) is 0 Å². The number of ether oxygens (including phenoxy) is 1. The van der Waals surface area contributed by atoms with Crippen LogP contribution in [-0.2, 0) is 4.74 Å². The summed E-state index contributed by atoms with van der Waals surface area (Å²) in [7, 11) is 0. The molecule has 54 valence electrons. The third-order valence-electron chi connectivity index (χ3n) is 1.38. The van der Waals surface area contributed by atoms with Crippen LogP contribution in [0.3, 0.4) is 0 Å². The Morgan fingerprint density at radius 2 is 1.78 bits per heavy atom. The maximum atomic E-state index is 5.51. The van der Waals surface area contributed by atoms with E-state index in [1.807, 2.05) is 0 Å². The highest BCUT2D eigenvalue weighted by atomic mass is 127. The maximum Gasteiger partial charge on any atom is 0.0686 e. The van der Waals surface area contributed by atoms with Crippen molar-refractivity contribution in [1.82, 2.24) is 3.11 Å². The van der Waals surface area contributed by atoms with Gasteiger partial charge in [-0.05, 0) is 13.8 Å². The predicted octanol–water partition coefficient (Wildman–Crippen LogP) is 1.45. The molecule has 1 rings (SSSR count). The summed E-state index contributed by atoms with van der Waals surface area (Å²) in [5.74, 6) is 0. The summed E-state index contributed by atoms with van der Waals surface area (Å²) in [6, 6.07) is 0. The highest BCUT2D eigenvalue weighted by Gasteiger charge is 2.19. The Hall–Kier alpha value is 0.650. The zero-order chi connectivity index (χ0) is 6.85. The number of rotatable bonds is 0. The van der Waals surface area contributed by atoms with Crippen molar-refractivity contribution in [2.75, 3.05) is 13.1 Å². The number of hydrogen-bond donors (Lipinski definition) is 0. The number of hydrogen-bond acceptors (Lipinski definition) is 2. The molecule has 0 unspecified atom stereocenters. The van der Waals surface area contributed by atoms with Crippen LogP contribution >= 0.6 is 22.9 Å². The van der Waals surface area contributed by atoms with E-state index in [1.54, 1.807) is 0 Å². The lowest BCUT2D eigenvalue weighted by Crippen LogP contribution is -2.40. The van der Waals surface area contributed by atoms with Crippen molar-refractivity contribution < 1.29 is 4.74 Å². The van der Waals surface area contributed by atoms with Crippen LogP contribution in [0.25, 0.3) is 0 Å². The molecule has 0 aromatic heterocycles. The summed E-state index contributed by atoms with van der Waals surface area (Å²) < 4.78 is 7.78. The fraction of sp³-hybridized carbons (Fsp3) is 1.00. The van der Waals surface area contributed by atoms with E-state index < -0.39 is 0 Å². The second-order valence-electron chi connectivity index (χ2n) is 2.59. The molecule has 0 radical (unpaired) electrons. The number of nitrogens with zero attached hydrogens (tertiary/aromatic N) is 1. The topological polar surface area (TPSA) is 12.5 Å². The van der Waals surface area contributed by atoms with Crippen LogP contribution in [0.2, 0.25) is 0 Å². The Morgan fingerprint density at radius 1 is 1.33 bits per heavy atom. The van der Waals surface area contributed by atoms with Gasteiger partial charge in [0.2, 0.25) is 0 Å². The average molecular weight is 241 g/mol. The Bertz CT molecular complexity index is 74.0. The minimum Gasteiger partial charge on any atom is -0.373 e. The van der Waals surface area contributed by atoms with Gasteiger partial charge in [0, 0.05) is 36.0 Å². The normalized spacial score (nSPS) is 39.0. The molecule has 1 heterocycles. The molecule has 9 heavy (non-hydrogen) atoms. The third kappa shape index (κ3) is 2.39. The van der Waals surface area contributed by atoms with Crippen molar-refractivity contribution in [3.8, 4) is 0 Å². The molecule has 0 N–H and O–H groups in total. The third-order valence-corrected chi connectivity index (χ3v) is 2.16. The van der Waals surface area contributed by atoms with Gasteiger partial charge in [-0.15, -0.1) is 0 Å². The van der Waals surface area contributed by atoms with E-state index in [0.717, 1.165) is 13.1 Å². The molecule has 0 spiro atoms. The van der Waals surface area contributed by atoms with E-state index in [1.165, 1.54) is 0 Å². The molecule has 0 saturated carbocycles. The molecule has 0 aromatic rings. The minimum atomic E-state index is 0.408. The van der Waals surface area contributed by atoms with Gasteiger partial charge in [0.15, 0.2) is 0 Å². The summed E-state index contributed by atoms with van der Waals surface area (Å²) in [6.45, 7) is 6.35. The van der Waals surface area contributed by atoms with Gasteiger partial charge in [0.1, 0.15) is 0 Å². The van der Waals surface area contributed by atoms with Gasteiger partial charge in [-0.2, -0.15) is 0 Å². The first kappa shape index (κ1) is 7.75. The molecule has 1 aliphatic rings. The van der Waals surface area contributed by atoms with Crippen LogP contribution in [0.15, 0.2) is 0 Å². The van der Waals surface area contributed by atoms with E-state index in [2.05, 4.69) is 39.8 Å². The molecule has 0 aromatic carbocycles. The monoisotopic (exact) mass is 241 g/mol. The lowest BCUT2D eigenvalue weighted by Gasteiger charge is -2.30. The van der Waals surface area contributed by atoms with E-state index in [9.17, 15) is 0 Å². The van der Waals surface area contributed by atoms with Crippen LogP contribution in [0.1, 0.15) is 13.8 Å². The predicted molar refractivity (Wildman–Crippen MR) is 45.6 cm³/mol. The number of morpholine rings is 1. The molecular weight excluding hydrogens is 229 g/mol. The van der Waals surface area contributed by atoms with E-state index in [0.29, 0.717) is 12.2 Å². The molecule has 2 atom stereocenters. The molecule has 0 aliphatic carbocycles. The van der Waals surface area contributed by atoms with Gasteiger partial charge in [-0.25, -0.2) is 3.11 Å². The summed E-state index contributed by atoms with van der Waals surface area (Å²) in [6.07, 6.45) is 0.816. The van der Waals surface area contributed by atoms with Gasteiger partial charge in [0.05, 0.1) is 12.2 Å². The van der Waals surface area contributed by atoms with E-state index in [-0.39, 0.29) is 0 Å². The fourth-order valence-corrected chi connectivity index (χ4v) is 2.22. The van der Waals surface area contributed by atoms with Crippen LogP contribution in [0.4, 0.5) is 0 Å². The zero-order valence-corrected chi connectivity index (χ0v) is 7.96. The van der Waals surface area contributed by atoms with E-state index in [4.69, 9.17) is 4.74 Å². The fourth-order valence-electron chi connectivity index (χ4n) is 1.12. The van der Waals surface area contributed by atoms with Crippen molar-refractivity contribution in [2.45, 2.75) is 26.1 Å². The Morgan fingerprint density at radius 3 is 2.11 bits per heavy atom. The summed E-state index contributed by atoms with van der Waals surface area (Å²) in [4.78, 5) is 0. The van der Waals surface area contributed by atoms with Crippen molar-refractivity contribution in [3.63, 3.8) is 0 Å². The highest BCUT2D eigenvalue weighted by Crippen LogP contribution is 2.13. The molecule has 2 nitrogen and oxygen atoms in total. The van der Waals surface area contributed by atoms with Gasteiger partial charge in [-0.3, -0.25) is 0 Å². The van der Waals surface area contributed by atoms with Crippen LogP contribution in [0, 0.1) is 0 Å². The second-order valence-corrected chi connectivity index (χ2v) is 3.95. The van der Waals surface area contributed by atoms with Crippen molar-refractivity contribution >= 4 is 22.9 Å². The summed E-state index contributed by atoms with van der Waals surface area (Å²) in [5.41, 5.74) is 0. The molecule has 1 fully saturated rings. The summed E-state index contributed by atoms with van der Waals surface area (Å²) in [5, 5.41) is 0. The lowest BCUT2D eigenvalue weighted by atomic mass is 10.3. The first-order valence-corrected chi connectivity index (χ1v) is 4.21. The molecule has 1 saturated heterocycles. The Kier molecular flexibility index (Phi) is 2.73.